The first-order chi connectivity index (χ1) is 8.79. The first-order valence-electron chi connectivity index (χ1n) is 6.09. The van der Waals surface area contributed by atoms with Gasteiger partial charge in [-0.1, -0.05) is 24.3 Å². The van der Waals surface area contributed by atoms with E-state index in [1.807, 2.05) is 31.3 Å². The molecule has 3 nitrogen and oxygen atoms in total. The Balaban J connectivity index is 2.15. The molecule has 0 spiro atoms. The minimum atomic E-state index is 0.191. The fraction of sp³-hybridized carbons (Fsp3) is 0.267. The van der Waals surface area contributed by atoms with Crippen molar-refractivity contribution in [2.24, 2.45) is 0 Å². The van der Waals surface area contributed by atoms with Crippen molar-refractivity contribution >= 4 is 0 Å². The average Bonchev–Trinajstić information content (AvgIpc) is 2.40. The molecular formula is C15H18N2O. The molecule has 0 aliphatic carbocycles. The lowest BCUT2D eigenvalue weighted by atomic mass is 10.1. The van der Waals surface area contributed by atoms with E-state index in [0.717, 1.165) is 17.8 Å². The Morgan fingerprint density at radius 2 is 2.06 bits per heavy atom. The summed E-state index contributed by atoms with van der Waals surface area (Å²) in [5.74, 6) is 0. The predicted octanol–water partition coefficient (Wildman–Crippen LogP) is 2.17. The summed E-state index contributed by atoms with van der Waals surface area (Å²) in [6.07, 6.45) is 1.81. The zero-order valence-electron chi connectivity index (χ0n) is 10.6. The number of pyridine rings is 1. The maximum absolute atomic E-state index is 8.90. The van der Waals surface area contributed by atoms with Gasteiger partial charge in [-0.2, -0.15) is 0 Å². The number of aliphatic hydroxyl groups is 1. The summed E-state index contributed by atoms with van der Waals surface area (Å²) in [4.78, 5) is 6.45. The summed E-state index contributed by atoms with van der Waals surface area (Å²) in [5, 5.41) is 8.90. The molecule has 18 heavy (non-hydrogen) atoms. The number of benzene rings is 1. The topological polar surface area (TPSA) is 36.4 Å². The van der Waals surface area contributed by atoms with Crippen LogP contribution >= 0.6 is 0 Å². The Kier molecular flexibility index (Phi) is 4.45. The lowest BCUT2D eigenvalue weighted by Crippen LogP contribution is -2.21. The van der Waals surface area contributed by atoms with Crippen LogP contribution in [0.15, 0.2) is 48.7 Å². The SMILES string of the molecule is CN(CCO)Cc1cccc(-c2ccccn2)c1. The van der Waals surface area contributed by atoms with E-state index in [9.17, 15) is 0 Å². The van der Waals surface area contributed by atoms with Crippen LogP contribution in [-0.4, -0.2) is 35.2 Å². The van der Waals surface area contributed by atoms with Gasteiger partial charge in [0.15, 0.2) is 0 Å². The summed E-state index contributed by atoms with van der Waals surface area (Å²) in [6.45, 7) is 1.71. The van der Waals surface area contributed by atoms with Gasteiger partial charge in [0.1, 0.15) is 0 Å². The number of aromatic nitrogens is 1. The van der Waals surface area contributed by atoms with Crippen LogP contribution < -0.4 is 0 Å². The first-order valence-corrected chi connectivity index (χ1v) is 6.09. The van der Waals surface area contributed by atoms with E-state index in [1.165, 1.54) is 5.56 Å². The normalized spacial score (nSPS) is 10.8. The first kappa shape index (κ1) is 12.7. The maximum atomic E-state index is 8.90. The summed E-state index contributed by atoms with van der Waals surface area (Å²) in [6, 6.07) is 14.3. The van der Waals surface area contributed by atoms with Gasteiger partial charge in [-0.25, -0.2) is 0 Å². The molecule has 0 saturated heterocycles. The lowest BCUT2D eigenvalue weighted by Gasteiger charge is -2.15. The molecule has 0 aliphatic heterocycles. The molecular weight excluding hydrogens is 224 g/mol. The smallest absolute Gasteiger partial charge is 0.0702 e. The Bertz CT molecular complexity index is 485. The van der Waals surface area contributed by atoms with Gasteiger partial charge >= 0.3 is 0 Å². The van der Waals surface area contributed by atoms with Crippen molar-refractivity contribution in [3.8, 4) is 11.3 Å². The van der Waals surface area contributed by atoms with Crippen LogP contribution in [-0.2, 0) is 6.54 Å². The van der Waals surface area contributed by atoms with Crippen molar-refractivity contribution in [3.63, 3.8) is 0 Å². The quantitative estimate of drug-likeness (QED) is 0.873. The van der Waals surface area contributed by atoms with E-state index in [-0.39, 0.29) is 6.61 Å². The van der Waals surface area contributed by atoms with Crippen LogP contribution in [0.3, 0.4) is 0 Å². The molecule has 0 radical (unpaired) electrons. The second-order valence-corrected chi connectivity index (χ2v) is 4.38. The zero-order chi connectivity index (χ0) is 12.8. The van der Waals surface area contributed by atoms with E-state index in [1.54, 1.807) is 6.20 Å². The van der Waals surface area contributed by atoms with Gasteiger partial charge in [0.2, 0.25) is 0 Å². The molecule has 0 amide bonds. The van der Waals surface area contributed by atoms with Crippen molar-refractivity contribution in [1.29, 1.82) is 0 Å². The number of nitrogens with zero attached hydrogens (tertiary/aromatic N) is 2. The highest BCUT2D eigenvalue weighted by Gasteiger charge is 2.02. The number of rotatable bonds is 5. The van der Waals surface area contributed by atoms with Crippen molar-refractivity contribution < 1.29 is 5.11 Å². The van der Waals surface area contributed by atoms with Gasteiger partial charge in [0.05, 0.1) is 12.3 Å². The molecule has 0 bridgehead atoms. The molecule has 0 unspecified atom stereocenters. The van der Waals surface area contributed by atoms with Crippen LogP contribution in [0.4, 0.5) is 0 Å². The highest BCUT2D eigenvalue weighted by Crippen LogP contribution is 2.18. The van der Waals surface area contributed by atoms with E-state index in [2.05, 4.69) is 28.1 Å². The van der Waals surface area contributed by atoms with Crippen molar-refractivity contribution in [3.05, 3.63) is 54.2 Å². The molecule has 1 N–H and O–H groups in total. The molecule has 3 heteroatoms. The van der Waals surface area contributed by atoms with Crippen LogP contribution in [0.5, 0.6) is 0 Å². The van der Waals surface area contributed by atoms with Crippen molar-refractivity contribution in [2.45, 2.75) is 6.54 Å². The Labute approximate surface area is 108 Å². The third-order valence-corrected chi connectivity index (χ3v) is 2.82. The van der Waals surface area contributed by atoms with E-state index in [4.69, 9.17) is 5.11 Å². The van der Waals surface area contributed by atoms with Crippen LogP contribution in [0, 0.1) is 0 Å². The molecule has 1 aromatic heterocycles. The van der Waals surface area contributed by atoms with Gasteiger partial charge in [0, 0.05) is 24.8 Å². The largest absolute Gasteiger partial charge is 0.395 e. The molecule has 0 fully saturated rings. The monoisotopic (exact) mass is 242 g/mol. The van der Waals surface area contributed by atoms with Crippen molar-refractivity contribution in [1.82, 2.24) is 9.88 Å². The Hall–Kier alpha value is -1.71. The number of likely N-dealkylation sites (N-methyl/N-ethyl adjacent to an activating group) is 1. The molecule has 94 valence electrons. The van der Waals surface area contributed by atoms with Gasteiger partial charge in [-0.3, -0.25) is 9.88 Å². The molecule has 1 heterocycles. The third kappa shape index (κ3) is 3.39. The summed E-state index contributed by atoms with van der Waals surface area (Å²) in [7, 11) is 2.00. The molecule has 0 atom stereocenters. The third-order valence-electron chi connectivity index (χ3n) is 2.82. The summed E-state index contributed by atoms with van der Waals surface area (Å²) in [5.41, 5.74) is 3.35. The van der Waals surface area contributed by atoms with Gasteiger partial charge in [0.25, 0.3) is 0 Å². The summed E-state index contributed by atoms with van der Waals surface area (Å²) >= 11 is 0. The lowest BCUT2D eigenvalue weighted by molar-refractivity contribution is 0.217. The highest BCUT2D eigenvalue weighted by atomic mass is 16.3. The molecule has 0 aliphatic rings. The standard InChI is InChI=1S/C15H18N2O/c1-17(9-10-18)12-13-5-4-6-14(11-13)15-7-2-3-8-16-15/h2-8,11,18H,9-10,12H2,1H3. The van der Waals surface area contributed by atoms with E-state index >= 15 is 0 Å². The summed E-state index contributed by atoms with van der Waals surface area (Å²) < 4.78 is 0. The average molecular weight is 242 g/mol. The number of hydrogen-bond acceptors (Lipinski definition) is 3. The fourth-order valence-electron chi connectivity index (χ4n) is 1.92. The Morgan fingerprint density at radius 3 is 2.78 bits per heavy atom. The number of aliphatic hydroxyl groups excluding tert-OH is 1. The molecule has 2 aromatic rings. The van der Waals surface area contributed by atoms with E-state index in [0.29, 0.717) is 6.54 Å². The van der Waals surface area contributed by atoms with E-state index < -0.39 is 0 Å². The fourth-order valence-corrected chi connectivity index (χ4v) is 1.92. The maximum Gasteiger partial charge on any atom is 0.0702 e. The molecule has 1 aromatic carbocycles. The molecule has 2 rings (SSSR count). The zero-order valence-corrected chi connectivity index (χ0v) is 10.6. The van der Waals surface area contributed by atoms with Gasteiger partial charge in [-0.05, 0) is 30.8 Å². The molecule has 0 saturated carbocycles. The Morgan fingerprint density at radius 1 is 1.17 bits per heavy atom. The second kappa shape index (κ2) is 6.28. The van der Waals surface area contributed by atoms with Gasteiger partial charge in [-0.15, -0.1) is 0 Å². The van der Waals surface area contributed by atoms with Gasteiger partial charge < -0.3 is 5.11 Å². The number of hydrogen-bond donors (Lipinski definition) is 1. The predicted molar refractivity (Wildman–Crippen MR) is 73.1 cm³/mol. The minimum absolute atomic E-state index is 0.191. The van der Waals surface area contributed by atoms with Crippen molar-refractivity contribution in [2.75, 3.05) is 20.2 Å². The van der Waals surface area contributed by atoms with Crippen LogP contribution in [0.1, 0.15) is 5.56 Å². The minimum Gasteiger partial charge on any atom is -0.395 e. The highest BCUT2D eigenvalue weighted by molar-refractivity contribution is 5.59. The van der Waals surface area contributed by atoms with Crippen LogP contribution in [0.2, 0.25) is 0 Å². The van der Waals surface area contributed by atoms with Crippen LogP contribution in [0.25, 0.3) is 11.3 Å². The second-order valence-electron chi connectivity index (χ2n) is 4.38.